The Morgan fingerprint density at radius 2 is 1.57 bits per heavy atom. The number of benzene rings is 3. The van der Waals surface area contributed by atoms with Crippen molar-refractivity contribution in [3.05, 3.63) is 72.1 Å². The minimum absolute atomic E-state index is 0.251. The number of para-hydroxylation sites is 1. The molecule has 0 fully saturated rings. The van der Waals surface area contributed by atoms with Gasteiger partial charge in [0.2, 0.25) is 0 Å². The smallest absolute Gasteiger partial charge is 0.394 e. The van der Waals surface area contributed by atoms with Gasteiger partial charge in [0.25, 0.3) is 0 Å². The summed E-state index contributed by atoms with van der Waals surface area (Å²) in [6.07, 6.45) is -2.86. The summed E-state index contributed by atoms with van der Waals surface area (Å²) in [4.78, 5) is 4.80. The predicted octanol–water partition coefficient (Wildman–Crippen LogP) is 8.57. The van der Waals surface area contributed by atoms with E-state index < -0.39 is 11.6 Å². The molecule has 7 aromatic rings. The second kappa shape index (κ2) is 6.45. The Balaban J connectivity index is 1.73. The third-order valence-corrected chi connectivity index (χ3v) is 7.47. The van der Waals surface area contributed by atoms with Crippen LogP contribution in [0.4, 0.5) is 13.2 Å². The van der Waals surface area contributed by atoms with Crippen LogP contribution in [0, 0.1) is 12.3 Å². The van der Waals surface area contributed by atoms with E-state index in [0.29, 0.717) is 17.0 Å². The van der Waals surface area contributed by atoms with Crippen LogP contribution in [0.15, 0.2) is 65.2 Å². The van der Waals surface area contributed by atoms with Gasteiger partial charge in [-0.15, -0.1) is 0 Å². The molecule has 0 atom stereocenters. The molecule has 7 rings (SSSR count). The van der Waals surface area contributed by atoms with Gasteiger partial charge in [-0.05, 0) is 23.8 Å². The quantitative estimate of drug-likeness (QED) is 0.237. The lowest BCUT2D eigenvalue weighted by Crippen LogP contribution is -2.34. The van der Waals surface area contributed by atoms with Gasteiger partial charge in [-0.25, -0.2) is 4.98 Å². The molecule has 35 heavy (non-hydrogen) atoms. The predicted molar refractivity (Wildman–Crippen MR) is 134 cm³/mol. The molecule has 0 aliphatic heterocycles. The minimum atomic E-state index is -4.36. The number of hydrogen-bond acceptors (Lipinski definition) is 2. The van der Waals surface area contributed by atoms with Crippen LogP contribution in [0.3, 0.4) is 0 Å². The summed E-state index contributed by atoms with van der Waals surface area (Å²) in [6.45, 7) is 4.34. The summed E-state index contributed by atoms with van der Waals surface area (Å²) in [5, 5.41) is 6.85. The van der Waals surface area contributed by atoms with Gasteiger partial charge in [0, 0.05) is 39.7 Å². The average Bonchev–Trinajstić information content (AvgIpc) is 3.36. The Morgan fingerprint density at radius 3 is 2.34 bits per heavy atom. The van der Waals surface area contributed by atoms with Crippen molar-refractivity contribution in [3.63, 3.8) is 0 Å². The van der Waals surface area contributed by atoms with Crippen molar-refractivity contribution in [2.75, 3.05) is 0 Å². The van der Waals surface area contributed by atoms with Gasteiger partial charge in [0.05, 0.1) is 21.8 Å². The average molecular weight is 470 g/mol. The zero-order valence-corrected chi connectivity index (χ0v) is 19.4. The summed E-state index contributed by atoms with van der Waals surface area (Å²) in [6, 6.07) is 18.5. The summed E-state index contributed by atoms with van der Waals surface area (Å²) in [5.41, 5.74) is 2.15. The third kappa shape index (κ3) is 2.54. The van der Waals surface area contributed by atoms with Gasteiger partial charge in [0.15, 0.2) is 0 Å². The van der Waals surface area contributed by atoms with Crippen LogP contribution in [0.5, 0.6) is 0 Å². The molecule has 0 bridgehead atoms. The SMILES string of the molecule is Cc1cnc2c3c1oc(CC(C)(C)C(F)(F)F)c3c1cccc3c4c5ccccc5ccc4n2c13. The zero-order valence-electron chi connectivity index (χ0n) is 19.4. The van der Waals surface area contributed by atoms with E-state index in [4.69, 9.17) is 9.40 Å². The number of aryl methyl sites for hydroxylation is 1. The highest BCUT2D eigenvalue weighted by Gasteiger charge is 2.48. The van der Waals surface area contributed by atoms with Gasteiger partial charge in [-0.1, -0.05) is 62.4 Å². The van der Waals surface area contributed by atoms with Crippen molar-refractivity contribution in [1.29, 1.82) is 0 Å². The van der Waals surface area contributed by atoms with Crippen LogP contribution < -0.4 is 0 Å². The van der Waals surface area contributed by atoms with E-state index in [1.54, 1.807) is 6.20 Å². The van der Waals surface area contributed by atoms with Crippen LogP contribution in [-0.4, -0.2) is 15.6 Å². The molecule has 0 saturated carbocycles. The Morgan fingerprint density at radius 1 is 0.857 bits per heavy atom. The van der Waals surface area contributed by atoms with E-state index in [-0.39, 0.29) is 6.42 Å². The molecule has 174 valence electrons. The molecule has 0 aliphatic carbocycles. The van der Waals surface area contributed by atoms with E-state index in [1.165, 1.54) is 13.8 Å². The lowest BCUT2D eigenvalue weighted by Gasteiger charge is -2.26. The topological polar surface area (TPSA) is 30.4 Å². The van der Waals surface area contributed by atoms with E-state index in [1.807, 2.05) is 31.2 Å². The van der Waals surface area contributed by atoms with E-state index in [9.17, 15) is 13.2 Å². The lowest BCUT2D eigenvalue weighted by molar-refractivity contribution is -0.211. The second-order valence-corrected chi connectivity index (χ2v) is 10.1. The first-order valence-electron chi connectivity index (χ1n) is 11.6. The minimum Gasteiger partial charge on any atom is -0.460 e. The molecular formula is C29H21F3N2O. The first kappa shape index (κ1) is 20.6. The van der Waals surface area contributed by atoms with E-state index >= 15 is 0 Å². The number of alkyl halides is 3. The Bertz CT molecular complexity index is 1960. The van der Waals surface area contributed by atoms with Crippen LogP contribution >= 0.6 is 0 Å². The fraction of sp³-hybridized carbons (Fsp3) is 0.207. The summed E-state index contributed by atoms with van der Waals surface area (Å²) in [5.74, 6) is 0.355. The Kier molecular flexibility index (Phi) is 3.79. The molecule has 0 spiro atoms. The fourth-order valence-corrected chi connectivity index (χ4v) is 5.59. The van der Waals surface area contributed by atoms with Gasteiger partial charge in [-0.2, -0.15) is 13.2 Å². The maximum Gasteiger partial charge on any atom is 0.394 e. The molecule has 0 aliphatic rings. The molecule has 4 heterocycles. The highest BCUT2D eigenvalue weighted by molar-refractivity contribution is 6.30. The molecule has 0 saturated heterocycles. The number of furan rings is 1. The first-order chi connectivity index (χ1) is 16.7. The van der Waals surface area contributed by atoms with Gasteiger partial charge >= 0.3 is 6.18 Å². The normalized spacial score (nSPS) is 13.5. The molecule has 4 aromatic heterocycles. The van der Waals surface area contributed by atoms with Gasteiger partial charge in [0.1, 0.15) is 17.0 Å². The Labute approximate surface area is 198 Å². The first-order valence-corrected chi connectivity index (χ1v) is 11.6. The summed E-state index contributed by atoms with van der Waals surface area (Å²) in [7, 11) is 0. The van der Waals surface area contributed by atoms with E-state index in [0.717, 1.165) is 54.3 Å². The molecular weight excluding hydrogens is 449 g/mol. The van der Waals surface area contributed by atoms with Crippen LogP contribution in [-0.2, 0) is 6.42 Å². The summed E-state index contributed by atoms with van der Waals surface area (Å²) >= 11 is 0. The van der Waals surface area contributed by atoms with Crippen molar-refractivity contribution in [1.82, 2.24) is 9.38 Å². The maximum atomic E-state index is 13.9. The van der Waals surface area contributed by atoms with Gasteiger partial charge in [-0.3, -0.25) is 4.40 Å². The van der Waals surface area contributed by atoms with Gasteiger partial charge < -0.3 is 4.42 Å². The number of halogens is 3. The van der Waals surface area contributed by atoms with Crippen LogP contribution in [0.2, 0.25) is 0 Å². The number of hydrogen-bond donors (Lipinski definition) is 0. The number of nitrogens with zero attached hydrogens (tertiary/aromatic N) is 2. The van der Waals surface area contributed by atoms with E-state index in [2.05, 4.69) is 34.7 Å². The van der Waals surface area contributed by atoms with Crippen molar-refractivity contribution in [3.8, 4) is 0 Å². The molecule has 0 unspecified atom stereocenters. The molecule has 0 amide bonds. The Hall–Kier alpha value is -3.80. The highest BCUT2D eigenvalue weighted by Crippen LogP contribution is 2.47. The standard InChI is InChI=1S/C29H21F3N2O/c1-15-14-33-27-24-23(21(35-26(15)24)13-28(2,3)29(30,31)32)19-10-6-9-18-22-17-8-5-4-7-16(17)11-12-20(22)34(27)25(18)19/h4-12,14H,13H2,1-3H3. The van der Waals surface area contributed by atoms with Crippen molar-refractivity contribution in [2.45, 2.75) is 33.4 Å². The third-order valence-electron chi connectivity index (χ3n) is 7.47. The van der Waals surface area contributed by atoms with Crippen molar-refractivity contribution in [2.24, 2.45) is 5.41 Å². The summed E-state index contributed by atoms with van der Waals surface area (Å²) < 4.78 is 50.0. The number of fused-ring (bicyclic) bond motifs is 7. The molecule has 3 aromatic carbocycles. The maximum absolute atomic E-state index is 13.9. The van der Waals surface area contributed by atoms with Crippen LogP contribution in [0.1, 0.15) is 25.2 Å². The number of rotatable bonds is 2. The lowest BCUT2D eigenvalue weighted by atomic mass is 9.86. The number of pyridine rings is 2. The van der Waals surface area contributed by atoms with Crippen molar-refractivity contribution >= 4 is 60.0 Å². The molecule has 3 nitrogen and oxygen atoms in total. The van der Waals surface area contributed by atoms with Crippen molar-refractivity contribution < 1.29 is 17.6 Å². The molecule has 0 radical (unpaired) electrons. The zero-order chi connectivity index (χ0) is 24.3. The highest BCUT2D eigenvalue weighted by atomic mass is 19.4. The second-order valence-electron chi connectivity index (χ2n) is 10.1. The molecule has 0 N–H and O–H groups in total. The van der Waals surface area contributed by atoms with Crippen LogP contribution in [0.25, 0.3) is 60.0 Å². The number of aromatic nitrogens is 2. The largest absolute Gasteiger partial charge is 0.460 e. The molecule has 6 heteroatoms. The monoisotopic (exact) mass is 470 g/mol. The fourth-order valence-electron chi connectivity index (χ4n) is 5.59.